The van der Waals surface area contributed by atoms with Crippen LogP contribution in [0.3, 0.4) is 0 Å². The third kappa shape index (κ3) is 4.73. The first kappa shape index (κ1) is 15.8. The number of benzene rings is 1. The van der Waals surface area contributed by atoms with Crippen molar-refractivity contribution in [1.29, 1.82) is 0 Å². The molecule has 0 saturated heterocycles. The molecule has 1 aromatic heterocycles. The molecule has 0 aliphatic rings. The van der Waals surface area contributed by atoms with E-state index in [4.69, 9.17) is 0 Å². The number of carbonyl (C=O) groups excluding carboxylic acids is 1. The molecule has 114 valence electrons. The highest BCUT2D eigenvalue weighted by Gasteiger charge is 2.02. The van der Waals surface area contributed by atoms with Crippen molar-refractivity contribution in [2.45, 2.75) is 64.8 Å². The van der Waals surface area contributed by atoms with Gasteiger partial charge in [-0.2, -0.15) is 0 Å². The molecule has 0 unspecified atom stereocenters. The van der Waals surface area contributed by atoms with Crippen LogP contribution in [-0.4, -0.2) is 10.9 Å². The van der Waals surface area contributed by atoms with Gasteiger partial charge in [-0.25, -0.2) is 0 Å². The van der Waals surface area contributed by atoms with Crippen molar-refractivity contribution in [3.05, 3.63) is 36.0 Å². The van der Waals surface area contributed by atoms with Gasteiger partial charge in [-0.1, -0.05) is 64.0 Å². The lowest BCUT2D eigenvalue weighted by atomic mass is 10.1. The molecule has 2 aromatic rings. The van der Waals surface area contributed by atoms with Crippen molar-refractivity contribution in [1.82, 2.24) is 4.57 Å². The van der Waals surface area contributed by atoms with Crippen LogP contribution >= 0.6 is 0 Å². The predicted molar refractivity (Wildman–Crippen MR) is 89.9 cm³/mol. The highest BCUT2D eigenvalue weighted by Crippen LogP contribution is 2.18. The van der Waals surface area contributed by atoms with Crippen LogP contribution in [0.15, 0.2) is 30.5 Å². The van der Waals surface area contributed by atoms with E-state index in [1.165, 1.54) is 62.3 Å². The highest BCUT2D eigenvalue weighted by atomic mass is 16.1. The average molecular weight is 285 g/mol. The zero-order valence-corrected chi connectivity index (χ0v) is 13.2. The topological polar surface area (TPSA) is 22.0 Å². The third-order valence-corrected chi connectivity index (χ3v) is 4.19. The third-order valence-electron chi connectivity index (χ3n) is 4.19. The van der Waals surface area contributed by atoms with Gasteiger partial charge in [-0.3, -0.25) is 4.79 Å². The summed E-state index contributed by atoms with van der Waals surface area (Å²) in [6.07, 6.45) is 13.8. The van der Waals surface area contributed by atoms with E-state index in [-0.39, 0.29) is 0 Å². The fourth-order valence-electron chi connectivity index (χ4n) is 2.89. The van der Waals surface area contributed by atoms with E-state index >= 15 is 0 Å². The summed E-state index contributed by atoms with van der Waals surface area (Å²) in [6, 6.07) is 8.04. The summed E-state index contributed by atoms with van der Waals surface area (Å²) in [4.78, 5) is 10.9. The van der Waals surface area contributed by atoms with Crippen LogP contribution < -0.4 is 0 Å². The molecule has 0 aliphatic carbocycles. The molecule has 2 rings (SSSR count). The summed E-state index contributed by atoms with van der Waals surface area (Å²) in [5.74, 6) is 0. The molecule has 2 nitrogen and oxygen atoms in total. The minimum absolute atomic E-state index is 0.762. The van der Waals surface area contributed by atoms with Gasteiger partial charge in [0.1, 0.15) is 6.29 Å². The van der Waals surface area contributed by atoms with Crippen molar-refractivity contribution in [3.63, 3.8) is 0 Å². The Morgan fingerprint density at radius 1 is 0.952 bits per heavy atom. The summed E-state index contributed by atoms with van der Waals surface area (Å²) < 4.78 is 2.28. The number of rotatable bonds is 10. The van der Waals surface area contributed by atoms with Gasteiger partial charge in [-0.15, -0.1) is 0 Å². The van der Waals surface area contributed by atoms with Crippen molar-refractivity contribution in [2.24, 2.45) is 0 Å². The molecule has 0 atom stereocenters. The van der Waals surface area contributed by atoms with E-state index in [0.29, 0.717) is 0 Å². The van der Waals surface area contributed by atoms with Crippen molar-refractivity contribution in [2.75, 3.05) is 0 Å². The quantitative estimate of drug-likeness (QED) is 0.411. The number of fused-ring (bicyclic) bond motifs is 1. The van der Waals surface area contributed by atoms with Gasteiger partial charge < -0.3 is 4.57 Å². The molecule has 0 N–H and O–H groups in total. The molecule has 0 aliphatic heterocycles. The van der Waals surface area contributed by atoms with E-state index in [1.54, 1.807) is 0 Å². The number of carbonyl (C=O) groups is 1. The summed E-state index contributed by atoms with van der Waals surface area (Å²) in [5, 5.41) is 1.22. The van der Waals surface area contributed by atoms with Gasteiger partial charge in [0.05, 0.1) is 0 Å². The molecule has 0 saturated carbocycles. The second-order valence-corrected chi connectivity index (χ2v) is 5.92. The Balaban J connectivity index is 1.74. The smallest absolute Gasteiger partial charge is 0.150 e. The molecule has 0 bridgehead atoms. The minimum atomic E-state index is 0.762. The minimum Gasteiger partial charge on any atom is -0.347 e. The van der Waals surface area contributed by atoms with Crippen LogP contribution in [-0.2, 0) is 6.54 Å². The first-order valence-corrected chi connectivity index (χ1v) is 8.39. The van der Waals surface area contributed by atoms with Gasteiger partial charge >= 0.3 is 0 Å². The lowest BCUT2D eigenvalue weighted by Gasteiger charge is -2.06. The molecule has 1 heterocycles. The van der Waals surface area contributed by atoms with Gasteiger partial charge in [0.25, 0.3) is 0 Å². The van der Waals surface area contributed by atoms with Crippen LogP contribution in [0.1, 0.15) is 68.6 Å². The number of unbranched alkanes of at least 4 members (excludes halogenated alkanes) is 7. The number of nitrogens with zero attached hydrogens (tertiary/aromatic N) is 1. The van der Waals surface area contributed by atoms with E-state index < -0.39 is 0 Å². The molecule has 0 amide bonds. The maximum atomic E-state index is 10.9. The maximum Gasteiger partial charge on any atom is 0.150 e. The molecule has 1 aromatic carbocycles. The number of aromatic nitrogens is 1. The van der Waals surface area contributed by atoms with Crippen molar-refractivity contribution < 1.29 is 4.79 Å². The summed E-state index contributed by atoms with van der Waals surface area (Å²) in [5.41, 5.74) is 1.95. The maximum absolute atomic E-state index is 10.9. The first-order chi connectivity index (χ1) is 10.3. The van der Waals surface area contributed by atoms with Crippen LogP contribution in [0.4, 0.5) is 0 Å². The highest BCUT2D eigenvalue weighted by molar-refractivity contribution is 5.87. The molecule has 0 spiro atoms. The fraction of sp³-hybridized carbons (Fsp3) is 0.526. The largest absolute Gasteiger partial charge is 0.347 e. The Morgan fingerprint density at radius 2 is 1.67 bits per heavy atom. The second-order valence-electron chi connectivity index (χ2n) is 5.92. The van der Waals surface area contributed by atoms with Crippen LogP contribution in [0.2, 0.25) is 0 Å². The standard InChI is InChI=1S/C19H27NO/c1-2-3-4-5-6-7-8-9-13-20-14-12-18-11-10-17(16-21)15-19(18)20/h10-12,14-16H,2-9,13H2,1H3. The lowest BCUT2D eigenvalue weighted by molar-refractivity contribution is 0.112. The van der Waals surface area contributed by atoms with Crippen molar-refractivity contribution >= 4 is 17.2 Å². The van der Waals surface area contributed by atoms with Gasteiger partial charge in [0, 0.05) is 23.8 Å². The molecule has 0 fully saturated rings. The number of aldehydes is 1. The Morgan fingerprint density at radius 3 is 2.38 bits per heavy atom. The van der Waals surface area contributed by atoms with E-state index in [0.717, 1.165) is 18.4 Å². The van der Waals surface area contributed by atoms with E-state index in [1.807, 2.05) is 18.2 Å². The zero-order valence-electron chi connectivity index (χ0n) is 13.2. The Labute approximate surface area is 128 Å². The van der Waals surface area contributed by atoms with Gasteiger partial charge in [0.15, 0.2) is 0 Å². The molecular weight excluding hydrogens is 258 g/mol. The van der Waals surface area contributed by atoms with Crippen LogP contribution in [0.25, 0.3) is 10.9 Å². The SMILES string of the molecule is CCCCCCCCCCn1ccc2ccc(C=O)cc21. The van der Waals surface area contributed by atoms with Crippen LogP contribution in [0.5, 0.6) is 0 Å². The van der Waals surface area contributed by atoms with Crippen molar-refractivity contribution in [3.8, 4) is 0 Å². The Kier molecular flexibility index (Phi) is 6.52. The Hall–Kier alpha value is -1.57. The average Bonchev–Trinajstić information content (AvgIpc) is 2.92. The second kappa shape index (κ2) is 8.66. The lowest BCUT2D eigenvalue weighted by Crippen LogP contribution is -1.96. The van der Waals surface area contributed by atoms with Gasteiger partial charge in [-0.05, 0) is 23.9 Å². The first-order valence-electron chi connectivity index (χ1n) is 8.39. The molecular formula is C19H27NO. The van der Waals surface area contributed by atoms with E-state index in [2.05, 4.69) is 23.8 Å². The number of aryl methyl sites for hydroxylation is 1. The zero-order chi connectivity index (χ0) is 14.9. The summed E-state index contributed by atoms with van der Waals surface area (Å²) in [7, 11) is 0. The molecule has 2 heteroatoms. The predicted octanol–water partition coefficient (Wildman–Crippen LogP) is 5.59. The summed E-state index contributed by atoms with van der Waals surface area (Å²) in [6.45, 7) is 3.32. The number of hydrogen-bond acceptors (Lipinski definition) is 1. The van der Waals surface area contributed by atoms with Gasteiger partial charge in [0.2, 0.25) is 0 Å². The van der Waals surface area contributed by atoms with Crippen LogP contribution in [0, 0.1) is 0 Å². The number of hydrogen-bond donors (Lipinski definition) is 0. The van der Waals surface area contributed by atoms with E-state index in [9.17, 15) is 4.79 Å². The fourth-order valence-corrected chi connectivity index (χ4v) is 2.89. The summed E-state index contributed by atoms with van der Waals surface area (Å²) >= 11 is 0. The molecule has 0 radical (unpaired) electrons. The Bertz CT molecular complexity index is 556. The normalized spacial score (nSPS) is 11.1. The monoisotopic (exact) mass is 285 g/mol. The molecule has 21 heavy (non-hydrogen) atoms.